The Morgan fingerprint density at radius 2 is 1.89 bits per heavy atom. The van der Waals surface area contributed by atoms with Crippen LogP contribution in [0.3, 0.4) is 0 Å². The number of nitrogen functional groups attached to an aromatic ring is 1. The van der Waals surface area contributed by atoms with Gasteiger partial charge in [0.1, 0.15) is 0 Å². The Morgan fingerprint density at radius 1 is 1.26 bits per heavy atom. The van der Waals surface area contributed by atoms with Crippen LogP contribution in [0.15, 0.2) is 24.3 Å². The smallest absolute Gasteiger partial charge is 0.254 e. The van der Waals surface area contributed by atoms with Crippen LogP contribution in [0.1, 0.15) is 27.7 Å². The van der Waals surface area contributed by atoms with Crippen LogP contribution in [-0.4, -0.2) is 12.5 Å². The van der Waals surface area contributed by atoms with Gasteiger partial charge in [-0.15, -0.1) is 11.3 Å². The third kappa shape index (κ3) is 2.63. The van der Waals surface area contributed by atoms with Crippen molar-refractivity contribution >= 4 is 22.2 Å². The maximum absolute atomic E-state index is 12.2. The zero-order valence-corrected chi connectivity index (χ0v) is 12.2. The molecule has 0 saturated carbocycles. The number of amides is 1. The number of nitrogens with two attached hydrogens (primary N) is 1. The molecule has 19 heavy (non-hydrogen) atoms. The number of anilines is 1. The number of aryl methyl sites for hydroxylation is 2. The van der Waals surface area contributed by atoms with E-state index in [1.54, 1.807) is 0 Å². The van der Waals surface area contributed by atoms with Gasteiger partial charge in [0.05, 0.1) is 10.6 Å². The number of benzene rings is 1. The third-order valence-electron chi connectivity index (χ3n) is 3.02. The molecule has 1 aromatic carbocycles. The molecule has 2 rings (SSSR count). The molecular weight excluding hydrogens is 256 g/mol. The number of carbonyl (C=O) groups is 1. The van der Waals surface area contributed by atoms with E-state index in [0.717, 1.165) is 16.0 Å². The molecule has 4 heteroatoms. The van der Waals surface area contributed by atoms with Gasteiger partial charge in [0, 0.05) is 17.0 Å². The zero-order chi connectivity index (χ0) is 14.0. The first-order valence-corrected chi connectivity index (χ1v) is 7.10. The molecule has 1 amide bonds. The van der Waals surface area contributed by atoms with E-state index >= 15 is 0 Å². The second-order valence-electron chi connectivity index (χ2n) is 4.50. The largest absolute Gasteiger partial charge is 0.390 e. The first-order chi connectivity index (χ1) is 9.04. The van der Waals surface area contributed by atoms with E-state index in [9.17, 15) is 4.79 Å². The highest BCUT2D eigenvalue weighted by Crippen LogP contribution is 2.38. The van der Waals surface area contributed by atoms with Gasteiger partial charge in [-0.25, -0.2) is 0 Å². The third-order valence-corrected chi connectivity index (χ3v) is 3.95. The van der Waals surface area contributed by atoms with Gasteiger partial charge in [-0.1, -0.05) is 29.8 Å². The molecule has 0 spiro atoms. The Labute approximate surface area is 117 Å². The highest BCUT2D eigenvalue weighted by Gasteiger charge is 2.21. The van der Waals surface area contributed by atoms with Crippen molar-refractivity contribution in [1.29, 1.82) is 0 Å². The van der Waals surface area contributed by atoms with Crippen molar-refractivity contribution in [2.75, 3.05) is 12.3 Å². The lowest BCUT2D eigenvalue weighted by molar-refractivity contribution is 0.0957. The van der Waals surface area contributed by atoms with Crippen molar-refractivity contribution < 1.29 is 4.79 Å². The van der Waals surface area contributed by atoms with Crippen molar-refractivity contribution in [3.8, 4) is 11.1 Å². The summed E-state index contributed by atoms with van der Waals surface area (Å²) in [5.74, 6) is -0.0973. The standard InChI is InChI=1S/C15H18N2OS/c1-4-17-15(18)13-12(10(3)19-14(13)16)11-7-5-9(2)6-8-11/h5-8H,4,16H2,1-3H3,(H,17,18). The van der Waals surface area contributed by atoms with Crippen LogP contribution in [0, 0.1) is 13.8 Å². The van der Waals surface area contributed by atoms with Crippen molar-refractivity contribution in [2.45, 2.75) is 20.8 Å². The van der Waals surface area contributed by atoms with Gasteiger partial charge in [0.2, 0.25) is 0 Å². The van der Waals surface area contributed by atoms with Crippen molar-refractivity contribution in [2.24, 2.45) is 0 Å². The van der Waals surface area contributed by atoms with Crippen LogP contribution in [-0.2, 0) is 0 Å². The molecule has 3 nitrogen and oxygen atoms in total. The Balaban J connectivity index is 2.56. The molecule has 0 fully saturated rings. The van der Waals surface area contributed by atoms with E-state index in [4.69, 9.17) is 5.73 Å². The fourth-order valence-corrected chi connectivity index (χ4v) is 3.06. The summed E-state index contributed by atoms with van der Waals surface area (Å²) in [6, 6.07) is 8.16. The average molecular weight is 274 g/mol. The lowest BCUT2D eigenvalue weighted by Gasteiger charge is -2.07. The second-order valence-corrected chi connectivity index (χ2v) is 5.75. The van der Waals surface area contributed by atoms with E-state index in [0.29, 0.717) is 17.1 Å². The molecule has 0 saturated heterocycles. The summed E-state index contributed by atoms with van der Waals surface area (Å²) in [7, 11) is 0. The normalized spacial score (nSPS) is 10.5. The fraction of sp³-hybridized carbons (Fsp3) is 0.267. The second kappa shape index (κ2) is 5.45. The maximum Gasteiger partial charge on any atom is 0.254 e. The molecule has 100 valence electrons. The molecule has 0 unspecified atom stereocenters. The molecule has 0 aliphatic rings. The van der Waals surface area contributed by atoms with E-state index in [1.807, 2.05) is 45.0 Å². The summed E-state index contributed by atoms with van der Waals surface area (Å²) in [6.45, 7) is 6.54. The number of carbonyl (C=O) groups excluding carboxylic acids is 1. The molecule has 0 atom stereocenters. The van der Waals surface area contributed by atoms with Crippen molar-refractivity contribution in [3.63, 3.8) is 0 Å². The summed E-state index contributed by atoms with van der Waals surface area (Å²) >= 11 is 1.47. The van der Waals surface area contributed by atoms with Gasteiger partial charge in [-0.2, -0.15) is 0 Å². The summed E-state index contributed by atoms with van der Waals surface area (Å²) < 4.78 is 0. The predicted octanol–water partition coefficient (Wildman–Crippen LogP) is 3.36. The summed E-state index contributed by atoms with van der Waals surface area (Å²) in [5.41, 5.74) is 9.79. The van der Waals surface area contributed by atoms with Crippen molar-refractivity contribution in [1.82, 2.24) is 5.32 Å². The molecule has 0 radical (unpaired) electrons. The number of hydrogen-bond acceptors (Lipinski definition) is 3. The number of thiophene rings is 1. The highest BCUT2D eigenvalue weighted by molar-refractivity contribution is 7.16. The predicted molar refractivity (Wildman–Crippen MR) is 81.6 cm³/mol. The van der Waals surface area contributed by atoms with Gasteiger partial charge in [0.25, 0.3) is 5.91 Å². The Morgan fingerprint density at radius 3 is 2.47 bits per heavy atom. The van der Waals surface area contributed by atoms with Crippen LogP contribution in [0.4, 0.5) is 5.00 Å². The minimum Gasteiger partial charge on any atom is -0.390 e. The first-order valence-electron chi connectivity index (χ1n) is 6.28. The summed E-state index contributed by atoms with van der Waals surface area (Å²) in [6.07, 6.45) is 0. The van der Waals surface area contributed by atoms with Crippen LogP contribution in [0.5, 0.6) is 0 Å². The Hall–Kier alpha value is -1.81. The van der Waals surface area contributed by atoms with E-state index in [1.165, 1.54) is 16.9 Å². The highest BCUT2D eigenvalue weighted by atomic mass is 32.1. The summed E-state index contributed by atoms with van der Waals surface area (Å²) in [5, 5.41) is 3.41. The number of rotatable bonds is 3. The lowest BCUT2D eigenvalue weighted by atomic mass is 10.00. The van der Waals surface area contributed by atoms with Gasteiger partial charge >= 0.3 is 0 Å². The van der Waals surface area contributed by atoms with Crippen molar-refractivity contribution in [3.05, 3.63) is 40.3 Å². The monoisotopic (exact) mass is 274 g/mol. The first kappa shape index (κ1) is 13.6. The molecule has 2 aromatic rings. The van der Waals surface area contributed by atoms with Crippen LogP contribution >= 0.6 is 11.3 Å². The van der Waals surface area contributed by atoms with E-state index in [-0.39, 0.29) is 5.91 Å². The molecule has 0 aliphatic carbocycles. The molecule has 0 aliphatic heterocycles. The topological polar surface area (TPSA) is 55.1 Å². The minimum atomic E-state index is -0.0973. The fourth-order valence-electron chi connectivity index (χ4n) is 2.11. The molecular formula is C15H18N2OS. The van der Waals surface area contributed by atoms with Crippen LogP contribution in [0.25, 0.3) is 11.1 Å². The van der Waals surface area contributed by atoms with Crippen LogP contribution < -0.4 is 11.1 Å². The molecule has 1 aromatic heterocycles. The SMILES string of the molecule is CCNC(=O)c1c(N)sc(C)c1-c1ccc(C)cc1. The van der Waals surface area contributed by atoms with Gasteiger partial charge in [-0.3, -0.25) is 4.79 Å². The Kier molecular flexibility index (Phi) is 3.90. The molecule has 1 heterocycles. The quantitative estimate of drug-likeness (QED) is 0.901. The summed E-state index contributed by atoms with van der Waals surface area (Å²) in [4.78, 5) is 13.2. The number of hydrogen-bond donors (Lipinski definition) is 2. The van der Waals surface area contributed by atoms with Gasteiger partial charge in [-0.05, 0) is 26.3 Å². The molecule has 3 N–H and O–H groups in total. The lowest BCUT2D eigenvalue weighted by Crippen LogP contribution is -2.23. The average Bonchev–Trinajstić information content (AvgIpc) is 2.65. The zero-order valence-electron chi connectivity index (χ0n) is 11.4. The minimum absolute atomic E-state index is 0.0973. The van der Waals surface area contributed by atoms with Gasteiger partial charge < -0.3 is 11.1 Å². The maximum atomic E-state index is 12.2. The van der Waals surface area contributed by atoms with E-state index < -0.39 is 0 Å². The molecule has 0 bridgehead atoms. The van der Waals surface area contributed by atoms with Crippen LogP contribution in [0.2, 0.25) is 0 Å². The van der Waals surface area contributed by atoms with Gasteiger partial charge in [0.15, 0.2) is 0 Å². The Bertz CT molecular complexity index is 599. The number of nitrogens with one attached hydrogen (secondary N) is 1. The van der Waals surface area contributed by atoms with E-state index in [2.05, 4.69) is 5.32 Å².